The van der Waals surface area contributed by atoms with E-state index in [4.69, 9.17) is 4.74 Å². The number of nitrogens with one attached hydrogen (secondary N) is 1. The minimum Gasteiger partial charge on any atom is -0.466 e. The smallest absolute Gasteiger partial charge is 0.309 e. The maximum atomic E-state index is 11.9. The number of likely N-dealkylation sites (tertiary alicyclic amines) is 1. The second-order valence-corrected chi connectivity index (χ2v) is 5.96. The van der Waals surface area contributed by atoms with E-state index in [0.29, 0.717) is 18.7 Å². The molecule has 0 spiro atoms. The van der Waals surface area contributed by atoms with Gasteiger partial charge in [-0.15, -0.1) is 0 Å². The Morgan fingerprint density at radius 1 is 1.35 bits per heavy atom. The lowest BCUT2D eigenvalue weighted by Crippen LogP contribution is -3.12. The molecule has 0 atom stereocenters. The molecule has 1 saturated heterocycles. The molecule has 1 aliphatic rings. The average molecular weight is 316 g/mol. The molecule has 3 rings (SSSR count). The Hall–Kier alpha value is -2.21. The van der Waals surface area contributed by atoms with Gasteiger partial charge in [0.2, 0.25) is 5.43 Å². The van der Waals surface area contributed by atoms with E-state index >= 15 is 0 Å². The van der Waals surface area contributed by atoms with Gasteiger partial charge in [0.1, 0.15) is 0 Å². The lowest BCUT2D eigenvalue weighted by Gasteiger charge is -2.28. The second kappa shape index (κ2) is 6.91. The standard InChI is InChI=1S/C17H21N3O3/c1-2-23-17(22)13-7-9-19(10-8-13)12-20-15-6-4-3-5-14(15)16(21)11-18-20/h3-6,11,13H,2,7-10,12H2,1H3/p+1. The number of ether oxygens (including phenoxy) is 1. The highest BCUT2D eigenvalue weighted by molar-refractivity contribution is 5.77. The van der Waals surface area contributed by atoms with Crippen molar-refractivity contribution in [3.8, 4) is 0 Å². The topological polar surface area (TPSA) is 65.6 Å². The Kier molecular flexibility index (Phi) is 4.71. The maximum absolute atomic E-state index is 11.9. The van der Waals surface area contributed by atoms with Crippen LogP contribution in [0.4, 0.5) is 0 Å². The van der Waals surface area contributed by atoms with Crippen molar-refractivity contribution in [2.75, 3.05) is 19.7 Å². The molecule has 2 aromatic rings. The lowest BCUT2D eigenvalue weighted by atomic mass is 9.97. The number of nitrogens with zero attached hydrogens (tertiary/aromatic N) is 2. The molecule has 6 nitrogen and oxygen atoms in total. The number of piperidine rings is 1. The summed E-state index contributed by atoms with van der Waals surface area (Å²) in [6, 6.07) is 7.54. The minimum absolute atomic E-state index is 0.0254. The summed E-state index contributed by atoms with van der Waals surface area (Å²) in [5, 5.41) is 4.97. The summed E-state index contributed by atoms with van der Waals surface area (Å²) in [5.74, 6) is -0.0455. The third-order valence-corrected chi connectivity index (χ3v) is 4.45. The molecule has 23 heavy (non-hydrogen) atoms. The molecular weight excluding hydrogens is 294 g/mol. The molecule has 1 aromatic heterocycles. The van der Waals surface area contributed by atoms with Crippen LogP contribution in [0.25, 0.3) is 10.9 Å². The SMILES string of the molecule is CCOC(=O)C1CC[NH+](Cn2ncc(=O)c3ccccc32)CC1. The van der Waals surface area contributed by atoms with Gasteiger partial charge in [0.15, 0.2) is 6.67 Å². The summed E-state index contributed by atoms with van der Waals surface area (Å²) in [7, 11) is 0. The highest BCUT2D eigenvalue weighted by atomic mass is 16.5. The summed E-state index contributed by atoms with van der Waals surface area (Å²) >= 11 is 0. The summed E-state index contributed by atoms with van der Waals surface area (Å²) in [6.07, 6.45) is 3.06. The molecule has 2 heterocycles. The van der Waals surface area contributed by atoms with Gasteiger partial charge in [0.05, 0.1) is 37.3 Å². The van der Waals surface area contributed by atoms with Gasteiger partial charge in [-0.1, -0.05) is 12.1 Å². The predicted molar refractivity (Wildman–Crippen MR) is 86.1 cm³/mol. The number of fused-ring (bicyclic) bond motifs is 1. The summed E-state index contributed by atoms with van der Waals surface area (Å²) in [4.78, 5) is 25.0. The molecular formula is C17H22N3O3+. The number of aromatic nitrogens is 2. The Bertz CT molecular complexity index is 748. The van der Waals surface area contributed by atoms with E-state index in [1.165, 1.54) is 11.1 Å². The van der Waals surface area contributed by atoms with Crippen LogP contribution < -0.4 is 10.3 Å². The molecule has 6 heteroatoms. The van der Waals surface area contributed by atoms with Crippen molar-refractivity contribution in [3.05, 3.63) is 40.7 Å². The number of quaternary nitrogens is 1. The summed E-state index contributed by atoms with van der Waals surface area (Å²) in [5.41, 5.74) is 0.813. The Balaban J connectivity index is 1.69. The van der Waals surface area contributed by atoms with Gasteiger partial charge in [0.25, 0.3) is 0 Å². The van der Waals surface area contributed by atoms with Gasteiger partial charge < -0.3 is 9.64 Å². The van der Waals surface area contributed by atoms with Crippen molar-refractivity contribution in [3.63, 3.8) is 0 Å². The van der Waals surface area contributed by atoms with Gasteiger partial charge in [0, 0.05) is 18.2 Å². The number of esters is 1. The van der Waals surface area contributed by atoms with E-state index in [-0.39, 0.29) is 17.3 Å². The largest absolute Gasteiger partial charge is 0.466 e. The molecule has 122 valence electrons. The van der Waals surface area contributed by atoms with Crippen molar-refractivity contribution in [2.45, 2.75) is 26.4 Å². The third kappa shape index (κ3) is 3.42. The molecule has 0 unspecified atom stereocenters. The predicted octanol–water partition coefficient (Wildman–Crippen LogP) is 0.212. The number of benzene rings is 1. The van der Waals surface area contributed by atoms with Crippen LogP contribution in [0.5, 0.6) is 0 Å². The average Bonchev–Trinajstić information content (AvgIpc) is 2.58. The Morgan fingerprint density at radius 2 is 2.09 bits per heavy atom. The monoisotopic (exact) mass is 316 g/mol. The van der Waals surface area contributed by atoms with Crippen molar-refractivity contribution in [1.29, 1.82) is 0 Å². The van der Waals surface area contributed by atoms with Gasteiger partial charge >= 0.3 is 5.97 Å². The van der Waals surface area contributed by atoms with E-state index in [9.17, 15) is 9.59 Å². The normalized spacial score (nSPS) is 21.3. The Labute approximate surface area is 134 Å². The van der Waals surface area contributed by atoms with Crippen LogP contribution in [0.1, 0.15) is 19.8 Å². The van der Waals surface area contributed by atoms with Crippen LogP contribution in [0.15, 0.2) is 35.3 Å². The molecule has 0 radical (unpaired) electrons. The highest BCUT2D eigenvalue weighted by Crippen LogP contribution is 2.12. The molecule has 1 aliphatic heterocycles. The second-order valence-electron chi connectivity index (χ2n) is 5.96. The third-order valence-electron chi connectivity index (χ3n) is 4.45. The number of rotatable bonds is 4. The van der Waals surface area contributed by atoms with E-state index in [2.05, 4.69) is 5.10 Å². The zero-order chi connectivity index (χ0) is 16.2. The van der Waals surface area contributed by atoms with E-state index in [1.807, 2.05) is 35.9 Å². The van der Waals surface area contributed by atoms with Crippen molar-refractivity contribution >= 4 is 16.9 Å². The lowest BCUT2D eigenvalue weighted by molar-refractivity contribution is -0.928. The first-order valence-electron chi connectivity index (χ1n) is 8.14. The quantitative estimate of drug-likeness (QED) is 0.819. The van der Waals surface area contributed by atoms with E-state index in [0.717, 1.165) is 31.4 Å². The summed E-state index contributed by atoms with van der Waals surface area (Å²) < 4.78 is 6.99. The first-order chi connectivity index (χ1) is 11.2. The van der Waals surface area contributed by atoms with E-state index < -0.39 is 0 Å². The first kappa shape index (κ1) is 15.7. The van der Waals surface area contributed by atoms with Crippen LogP contribution >= 0.6 is 0 Å². The number of carbonyl (C=O) groups is 1. The van der Waals surface area contributed by atoms with Crippen molar-refractivity contribution in [1.82, 2.24) is 9.78 Å². The van der Waals surface area contributed by atoms with Crippen molar-refractivity contribution in [2.24, 2.45) is 5.92 Å². The number of hydrogen-bond acceptors (Lipinski definition) is 4. The number of hydrogen-bond donors (Lipinski definition) is 1. The molecule has 0 bridgehead atoms. The number of para-hydroxylation sites is 1. The maximum Gasteiger partial charge on any atom is 0.309 e. The fraction of sp³-hybridized carbons (Fsp3) is 0.471. The van der Waals surface area contributed by atoms with Crippen LogP contribution in [-0.4, -0.2) is 35.4 Å². The van der Waals surface area contributed by atoms with Gasteiger partial charge in [-0.25, -0.2) is 4.68 Å². The van der Waals surface area contributed by atoms with Crippen LogP contribution in [0, 0.1) is 5.92 Å². The molecule has 1 N–H and O–H groups in total. The van der Waals surface area contributed by atoms with Gasteiger partial charge in [-0.05, 0) is 19.1 Å². The van der Waals surface area contributed by atoms with Crippen LogP contribution in [0.3, 0.4) is 0 Å². The van der Waals surface area contributed by atoms with Gasteiger partial charge in [-0.3, -0.25) is 9.59 Å². The fourth-order valence-corrected chi connectivity index (χ4v) is 3.18. The first-order valence-corrected chi connectivity index (χ1v) is 8.14. The molecule has 1 aromatic carbocycles. The van der Waals surface area contributed by atoms with E-state index in [1.54, 1.807) is 0 Å². The minimum atomic E-state index is -0.0708. The molecule has 0 saturated carbocycles. The van der Waals surface area contributed by atoms with Crippen LogP contribution in [0.2, 0.25) is 0 Å². The zero-order valence-corrected chi connectivity index (χ0v) is 13.3. The molecule has 0 amide bonds. The van der Waals surface area contributed by atoms with Gasteiger partial charge in [-0.2, -0.15) is 5.10 Å². The highest BCUT2D eigenvalue weighted by Gasteiger charge is 2.28. The van der Waals surface area contributed by atoms with Crippen molar-refractivity contribution < 1.29 is 14.4 Å². The molecule has 1 fully saturated rings. The summed E-state index contributed by atoms with van der Waals surface area (Å²) in [6.45, 7) is 4.80. The number of carbonyl (C=O) groups excluding carboxylic acids is 1. The molecule has 0 aliphatic carbocycles. The Morgan fingerprint density at radius 3 is 2.83 bits per heavy atom. The zero-order valence-electron chi connectivity index (χ0n) is 13.3. The fourth-order valence-electron chi connectivity index (χ4n) is 3.18. The van der Waals surface area contributed by atoms with Crippen LogP contribution in [-0.2, 0) is 16.2 Å².